The average Bonchev–Trinajstić information content (AvgIpc) is 2.75. The van der Waals surface area contributed by atoms with Crippen LogP contribution in [-0.2, 0) is 4.74 Å². The molecule has 0 saturated carbocycles. The number of hydrogen-bond acceptors (Lipinski definition) is 5. The Morgan fingerprint density at radius 2 is 1.57 bits per heavy atom. The van der Waals surface area contributed by atoms with Gasteiger partial charge < -0.3 is 20.1 Å². The first-order valence-electron chi connectivity index (χ1n) is 9.29. The first kappa shape index (κ1) is 19.9. The molecule has 28 heavy (non-hydrogen) atoms. The van der Waals surface area contributed by atoms with E-state index in [9.17, 15) is 9.59 Å². The van der Waals surface area contributed by atoms with Crippen molar-refractivity contribution < 1.29 is 19.1 Å². The third kappa shape index (κ3) is 5.55. The topological polar surface area (TPSA) is 79.9 Å². The summed E-state index contributed by atoms with van der Waals surface area (Å²) < 4.78 is 10.4. The van der Waals surface area contributed by atoms with Crippen LogP contribution >= 0.6 is 0 Å². The van der Waals surface area contributed by atoms with E-state index in [1.165, 1.54) is 0 Å². The third-order valence-electron chi connectivity index (χ3n) is 4.57. The molecule has 1 aliphatic heterocycles. The molecule has 1 saturated heterocycles. The van der Waals surface area contributed by atoms with Gasteiger partial charge >= 0.3 is 0 Å². The Balaban J connectivity index is 1.48. The quantitative estimate of drug-likeness (QED) is 0.765. The lowest BCUT2D eigenvalue weighted by Crippen LogP contribution is -2.41. The zero-order valence-corrected chi connectivity index (χ0v) is 15.9. The third-order valence-corrected chi connectivity index (χ3v) is 4.57. The first-order valence-corrected chi connectivity index (χ1v) is 9.29. The van der Waals surface area contributed by atoms with Gasteiger partial charge in [-0.3, -0.25) is 14.5 Å². The molecule has 2 aromatic carbocycles. The van der Waals surface area contributed by atoms with Crippen LogP contribution in [0.2, 0.25) is 0 Å². The Kier molecular flexibility index (Phi) is 7.00. The predicted octanol–water partition coefficient (Wildman–Crippen LogP) is 2.01. The van der Waals surface area contributed by atoms with E-state index in [0.717, 1.165) is 38.6 Å². The summed E-state index contributed by atoms with van der Waals surface area (Å²) in [6.07, 6.45) is 0. The second kappa shape index (κ2) is 9.87. The number of carbonyl (C=O) groups is 2. The average molecular weight is 383 g/mol. The van der Waals surface area contributed by atoms with Crippen LogP contribution in [0.25, 0.3) is 0 Å². The summed E-state index contributed by atoms with van der Waals surface area (Å²) in [7, 11) is 1.59. The van der Waals surface area contributed by atoms with Crippen LogP contribution in [-0.4, -0.2) is 63.2 Å². The number of nitrogens with one attached hydrogen (secondary N) is 2. The van der Waals surface area contributed by atoms with E-state index in [1.807, 2.05) is 0 Å². The number of nitrogens with zero attached hydrogens (tertiary/aromatic N) is 1. The van der Waals surface area contributed by atoms with Gasteiger partial charge in [-0.1, -0.05) is 0 Å². The van der Waals surface area contributed by atoms with Gasteiger partial charge in [0.15, 0.2) is 0 Å². The van der Waals surface area contributed by atoms with Gasteiger partial charge in [-0.2, -0.15) is 0 Å². The fraction of sp³-hybridized carbons (Fsp3) is 0.333. The van der Waals surface area contributed by atoms with Crippen molar-refractivity contribution in [3.05, 3.63) is 59.7 Å². The summed E-state index contributed by atoms with van der Waals surface area (Å²) in [5.41, 5.74) is 1.69. The van der Waals surface area contributed by atoms with Gasteiger partial charge in [-0.05, 0) is 48.5 Å². The van der Waals surface area contributed by atoms with Crippen molar-refractivity contribution in [2.75, 3.05) is 51.8 Å². The fourth-order valence-corrected chi connectivity index (χ4v) is 2.90. The molecule has 0 aliphatic carbocycles. The molecule has 2 amide bonds. The molecule has 0 bridgehead atoms. The summed E-state index contributed by atoms with van der Waals surface area (Å²) >= 11 is 0. The van der Waals surface area contributed by atoms with E-state index in [2.05, 4.69) is 15.5 Å². The van der Waals surface area contributed by atoms with Crippen molar-refractivity contribution in [3.63, 3.8) is 0 Å². The monoisotopic (exact) mass is 383 g/mol. The molecule has 3 rings (SSSR count). The summed E-state index contributed by atoms with van der Waals surface area (Å²) in [6.45, 7) is 4.67. The molecule has 2 aromatic rings. The highest BCUT2D eigenvalue weighted by Gasteiger charge is 2.12. The van der Waals surface area contributed by atoms with Gasteiger partial charge in [-0.25, -0.2) is 0 Å². The molecule has 1 fully saturated rings. The molecule has 0 radical (unpaired) electrons. The minimum Gasteiger partial charge on any atom is -0.497 e. The molecular weight excluding hydrogens is 358 g/mol. The van der Waals surface area contributed by atoms with E-state index in [4.69, 9.17) is 9.47 Å². The van der Waals surface area contributed by atoms with Crippen LogP contribution in [0.3, 0.4) is 0 Å². The molecule has 2 N–H and O–H groups in total. The van der Waals surface area contributed by atoms with Crippen LogP contribution in [0, 0.1) is 0 Å². The van der Waals surface area contributed by atoms with Gasteiger partial charge in [0.2, 0.25) is 0 Å². The van der Waals surface area contributed by atoms with Crippen molar-refractivity contribution in [1.82, 2.24) is 10.2 Å². The first-order chi connectivity index (χ1) is 13.7. The van der Waals surface area contributed by atoms with Crippen molar-refractivity contribution in [1.29, 1.82) is 0 Å². The highest BCUT2D eigenvalue weighted by Crippen LogP contribution is 2.16. The minimum absolute atomic E-state index is 0.143. The molecular formula is C21H25N3O4. The molecule has 1 heterocycles. The number of anilines is 1. The van der Waals surface area contributed by atoms with Crippen LogP contribution in [0.15, 0.2) is 48.5 Å². The van der Waals surface area contributed by atoms with Crippen molar-refractivity contribution in [2.24, 2.45) is 0 Å². The molecule has 0 aromatic heterocycles. The molecule has 0 spiro atoms. The largest absolute Gasteiger partial charge is 0.497 e. The van der Waals surface area contributed by atoms with E-state index in [-0.39, 0.29) is 11.8 Å². The van der Waals surface area contributed by atoms with Crippen LogP contribution in [0.5, 0.6) is 5.75 Å². The van der Waals surface area contributed by atoms with Crippen molar-refractivity contribution in [2.45, 2.75) is 0 Å². The number of amides is 2. The normalized spacial score (nSPS) is 14.3. The zero-order valence-electron chi connectivity index (χ0n) is 15.9. The van der Waals surface area contributed by atoms with E-state index in [1.54, 1.807) is 55.6 Å². The number of benzene rings is 2. The summed E-state index contributed by atoms with van der Waals surface area (Å²) in [5, 5.41) is 5.73. The molecule has 0 unspecified atom stereocenters. The predicted molar refractivity (Wildman–Crippen MR) is 107 cm³/mol. The maximum absolute atomic E-state index is 12.3. The van der Waals surface area contributed by atoms with Crippen molar-refractivity contribution in [3.8, 4) is 5.75 Å². The summed E-state index contributed by atoms with van der Waals surface area (Å²) in [6, 6.07) is 13.7. The standard InChI is InChI=1S/C21H25N3O4/c1-27-19-8-6-18(7-9-19)23-21(26)17-4-2-16(3-5-17)20(25)22-10-11-24-12-14-28-15-13-24/h2-9H,10-15H2,1H3,(H,22,25)(H,23,26). The van der Waals surface area contributed by atoms with Gasteiger partial charge in [0.1, 0.15) is 5.75 Å². The van der Waals surface area contributed by atoms with Gasteiger partial charge in [-0.15, -0.1) is 0 Å². The molecule has 0 atom stereocenters. The smallest absolute Gasteiger partial charge is 0.255 e. The second-order valence-corrected chi connectivity index (χ2v) is 6.47. The number of methoxy groups -OCH3 is 1. The van der Waals surface area contributed by atoms with Crippen LogP contribution in [0.4, 0.5) is 5.69 Å². The highest BCUT2D eigenvalue weighted by atomic mass is 16.5. The van der Waals surface area contributed by atoms with E-state index in [0.29, 0.717) is 23.4 Å². The maximum Gasteiger partial charge on any atom is 0.255 e. The lowest BCUT2D eigenvalue weighted by Gasteiger charge is -2.26. The van der Waals surface area contributed by atoms with Gasteiger partial charge in [0.25, 0.3) is 11.8 Å². The Bertz CT molecular complexity index is 784. The molecule has 1 aliphatic rings. The number of morpholine rings is 1. The Labute approximate surface area is 164 Å². The lowest BCUT2D eigenvalue weighted by molar-refractivity contribution is 0.0383. The molecule has 148 valence electrons. The lowest BCUT2D eigenvalue weighted by atomic mass is 10.1. The van der Waals surface area contributed by atoms with Crippen LogP contribution in [0.1, 0.15) is 20.7 Å². The van der Waals surface area contributed by atoms with Gasteiger partial charge in [0.05, 0.1) is 20.3 Å². The second-order valence-electron chi connectivity index (χ2n) is 6.47. The minimum atomic E-state index is -0.232. The Morgan fingerprint density at radius 3 is 2.18 bits per heavy atom. The SMILES string of the molecule is COc1ccc(NC(=O)c2ccc(C(=O)NCCN3CCOCC3)cc2)cc1. The Hall–Kier alpha value is -2.90. The number of carbonyl (C=O) groups excluding carboxylic acids is 2. The maximum atomic E-state index is 12.3. The molecule has 7 heteroatoms. The summed E-state index contributed by atoms with van der Waals surface area (Å²) in [4.78, 5) is 26.9. The Morgan fingerprint density at radius 1 is 0.964 bits per heavy atom. The van der Waals surface area contributed by atoms with E-state index < -0.39 is 0 Å². The number of hydrogen-bond donors (Lipinski definition) is 2. The van der Waals surface area contributed by atoms with Gasteiger partial charge in [0, 0.05) is 43.0 Å². The van der Waals surface area contributed by atoms with Crippen molar-refractivity contribution >= 4 is 17.5 Å². The number of rotatable bonds is 7. The number of ether oxygens (including phenoxy) is 2. The van der Waals surface area contributed by atoms with E-state index >= 15 is 0 Å². The zero-order chi connectivity index (χ0) is 19.8. The van der Waals surface area contributed by atoms with Crippen LogP contribution < -0.4 is 15.4 Å². The fourth-order valence-electron chi connectivity index (χ4n) is 2.90. The molecule has 7 nitrogen and oxygen atoms in total. The highest BCUT2D eigenvalue weighted by molar-refractivity contribution is 6.05. The summed E-state index contributed by atoms with van der Waals surface area (Å²) in [5.74, 6) is 0.349.